The maximum absolute atomic E-state index is 13.0. The number of hydrogen-bond donors (Lipinski definition) is 2. The Morgan fingerprint density at radius 3 is 2.07 bits per heavy atom. The summed E-state index contributed by atoms with van der Waals surface area (Å²) >= 11 is 0. The van der Waals surface area contributed by atoms with E-state index in [9.17, 15) is 25.1 Å². The standard InChI is InChI=1S/C21H13NO8/c1-28-15-7-6-14-18(19(15)22(26)27)20(25)30-21(14)12-4-2-10(23)8-16(12)29-17-9-11(24)3-5-13(17)21/h2-9,23-24H,1H3. The quantitative estimate of drug-likeness (QED) is 0.375. The lowest BCUT2D eigenvalue weighted by molar-refractivity contribution is -0.386. The normalized spacial score (nSPS) is 14.9. The number of rotatable bonds is 2. The van der Waals surface area contributed by atoms with Crippen molar-refractivity contribution in [1.29, 1.82) is 0 Å². The minimum Gasteiger partial charge on any atom is -0.508 e. The number of phenolic OH excluding ortho intramolecular Hbond substituents is 2. The summed E-state index contributed by atoms with van der Waals surface area (Å²) in [5, 5.41) is 31.6. The molecular weight excluding hydrogens is 394 g/mol. The van der Waals surface area contributed by atoms with Gasteiger partial charge in [0.25, 0.3) is 0 Å². The van der Waals surface area contributed by atoms with Crippen LogP contribution in [0.25, 0.3) is 0 Å². The fraction of sp³-hybridized carbons (Fsp3) is 0.0952. The second kappa shape index (κ2) is 5.86. The Morgan fingerprint density at radius 1 is 0.967 bits per heavy atom. The zero-order chi connectivity index (χ0) is 21.2. The second-order valence-electron chi connectivity index (χ2n) is 6.83. The second-order valence-corrected chi connectivity index (χ2v) is 6.83. The van der Waals surface area contributed by atoms with Crippen molar-refractivity contribution in [3.05, 3.63) is 80.9 Å². The number of hydrogen-bond acceptors (Lipinski definition) is 8. The molecule has 9 nitrogen and oxygen atoms in total. The van der Waals surface area contributed by atoms with Crippen molar-refractivity contribution >= 4 is 11.7 Å². The predicted octanol–water partition coefficient (Wildman–Crippen LogP) is 3.58. The number of methoxy groups -OCH3 is 1. The summed E-state index contributed by atoms with van der Waals surface area (Å²) in [6.45, 7) is 0. The summed E-state index contributed by atoms with van der Waals surface area (Å²) in [4.78, 5) is 24.0. The van der Waals surface area contributed by atoms with E-state index < -0.39 is 22.2 Å². The smallest absolute Gasteiger partial charge is 0.347 e. The van der Waals surface area contributed by atoms with Crippen LogP contribution in [-0.2, 0) is 10.3 Å². The number of benzene rings is 3. The Morgan fingerprint density at radius 2 is 1.53 bits per heavy atom. The molecule has 9 heteroatoms. The first-order chi connectivity index (χ1) is 14.4. The van der Waals surface area contributed by atoms with Gasteiger partial charge in [0.05, 0.1) is 12.0 Å². The van der Waals surface area contributed by atoms with Gasteiger partial charge in [0.2, 0.25) is 0 Å². The predicted molar refractivity (Wildman–Crippen MR) is 101 cm³/mol. The van der Waals surface area contributed by atoms with Crippen molar-refractivity contribution in [3.63, 3.8) is 0 Å². The molecule has 0 saturated heterocycles. The van der Waals surface area contributed by atoms with E-state index in [1.54, 1.807) is 0 Å². The van der Waals surface area contributed by atoms with Crippen LogP contribution in [0.15, 0.2) is 48.5 Å². The largest absolute Gasteiger partial charge is 0.508 e. The van der Waals surface area contributed by atoms with Crippen molar-refractivity contribution in [1.82, 2.24) is 0 Å². The number of nitrogens with zero attached hydrogens (tertiary/aromatic N) is 1. The van der Waals surface area contributed by atoms with Crippen molar-refractivity contribution in [2.45, 2.75) is 5.60 Å². The molecule has 2 aliphatic heterocycles. The maximum atomic E-state index is 13.0. The van der Waals surface area contributed by atoms with E-state index in [1.807, 2.05) is 0 Å². The van der Waals surface area contributed by atoms with Gasteiger partial charge in [-0.25, -0.2) is 4.79 Å². The Hall–Kier alpha value is -4.27. The summed E-state index contributed by atoms with van der Waals surface area (Å²) < 4.78 is 16.8. The summed E-state index contributed by atoms with van der Waals surface area (Å²) in [5.41, 5.74) is -1.28. The fourth-order valence-corrected chi connectivity index (χ4v) is 4.10. The Kier molecular flexibility index (Phi) is 3.48. The van der Waals surface area contributed by atoms with Gasteiger partial charge in [-0.1, -0.05) is 0 Å². The SMILES string of the molecule is COc1ccc2c(c1[N+](=O)[O-])C(=O)OC21c2ccc(O)cc2Oc2cc(O)ccc21. The first-order valence-electron chi connectivity index (χ1n) is 8.81. The summed E-state index contributed by atoms with van der Waals surface area (Å²) in [5.74, 6) is -0.762. The lowest BCUT2D eigenvalue weighted by atomic mass is 9.77. The molecule has 1 spiro atoms. The number of carbonyl (C=O) groups excluding carboxylic acids is 1. The van der Waals surface area contributed by atoms with Gasteiger partial charge in [0.1, 0.15) is 28.6 Å². The number of carbonyl (C=O) groups is 1. The van der Waals surface area contributed by atoms with Crippen LogP contribution in [0.2, 0.25) is 0 Å². The third-order valence-corrected chi connectivity index (χ3v) is 5.28. The van der Waals surface area contributed by atoms with Crippen LogP contribution in [0.1, 0.15) is 27.0 Å². The molecule has 150 valence electrons. The van der Waals surface area contributed by atoms with E-state index in [2.05, 4.69) is 0 Å². The van der Waals surface area contributed by atoms with Crippen molar-refractivity contribution in [3.8, 4) is 28.7 Å². The van der Waals surface area contributed by atoms with Crippen LogP contribution in [0.5, 0.6) is 28.7 Å². The summed E-state index contributed by atoms with van der Waals surface area (Å²) in [6, 6.07) is 11.5. The minimum absolute atomic E-state index is 0.0725. The molecule has 5 rings (SSSR count). The first kappa shape index (κ1) is 17.8. The average molecular weight is 407 g/mol. The molecule has 0 amide bonds. The van der Waals surface area contributed by atoms with E-state index in [0.717, 1.165) is 0 Å². The molecule has 2 heterocycles. The van der Waals surface area contributed by atoms with E-state index in [-0.39, 0.29) is 39.9 Å². The number of nitro groups is 1. The van der Waals surface area contributed by atoms with Gasteiger partial charge in [-0.15, -0.1) is 0 Å². The first-order valence-corrected chi connectivity index (χ1v) is 8.81. The highest BCUT2D eigenvalue weighted by atomic mass is 16.6. The van der Waals surface area contributed by atoms with E-state index in [4.69, 9.17) is 14.2 Å². The highest BCUT2D eigenvalue weighted by Crippen LogP contribution is 2.58. The Bertz CT molecular complexity index is 1210. The highest BCUT2D eigenvalue weighted by molar-refractivity contribution is 6.02. The molecule has 0 aromatic heterocycles. The van der Waals surface area contributed by atoms with Crippen LogP contribution in [-0.4, -0.2) is 28.2 Å². The number of esters is 1. The average Bonchev–Trinajstić information content (AvgIpc) is 2.99. The van der Waals surface area contributed by atoms with Gasteiger partial charge in [-0.05, 0) is 36.4 Å². The van der Waals surface area contributed by atoms with E-state index in [1.165, 1.54) is 55.6 Å². The van der Waals surface area contributed by atoms with E-state index >= 15 is 0 Å². The van der Waals surface area contributed by atoms with Gasteiger partial charge in [-0.2, -0.15) is 0 Å². The molecule has 3 aromatic rings. The zero-order valence-corrected chi connectivity index (χ0v) is 15.4. The number of ether oxygens (including phenoxy) is 3. The molecule has 0 aliphatic carbocycles. The number of nitro benzene ring substituents is 1. The van der Waals surface area contributed by atoms with Gasteiger partial charge in [-0.3, -0.25) is 10.1 Å². The number of phenols is 2. The third-order valence-electron chi connectivity index (χ3n) is 5.28. The number of aromatic hydroxyl groups is 2. The van der Waals surface area contributed by atoms with Crippen molar-refractivity contribution in [2.24, 2.45) is 0 Å². The Balaban J connectivity index is 1.91. The topological polar surface area (TPSA) is 128 Å². The number of fused-ring (bicyclic) bond motifs is 6. The zero-order valence-electron chi connectivity index (χ0n) is 15.4. The van der Waals surface area contributed by atoms with Gasteiger partial charge >= 0.3 is 11.7 Å². The van der Waals surface area contributed by atoms with E-state index in [0.29, 0.717) is 11.1 Å². The molecular formula is C21H13NO8. The van der Waals surface area contributed by atoms with Crippen LogP contribution >= 0.6 is 0 Å². The molecule has 30 heavy (non-hydrogen) atoms. The summed E-state index contributed by atoms with van der Waals surface area (Å²) in [6.07, 6.45) is 0. The molecule has 2 aliphatic rings. The molecule has 0 saturated carbocycles. The van der Waals surface area contributed by atoms with Crippen LogP contribution in [0.4, 0.5) is 5.69 Å². The van der Waals surface area contributed by atoms with Crippen molar-refractivity contribution in [2.75, 3.05) is 7.11 Å². The summed E-state index contributed by atoms with van der Waals surface area (Å²) in [7, 11) is 1.27. The van der Waals surface area contributed by atoms with Crippen molar-refractivity contribution < 1.29 is 34.1 Å². The lowest BCUT2D eigenvalue weighted by Crippen LogP contribution is -2.32. The molecule has 3 aromatic carbocycles. The van der Waals surface area contributed by atoms with Crippen LogP contribution < -0.4 is 9.47 Å². The maximum Gasteiger partial charge on any atom is 0.347 e. The van der Waals surface area contributed by atoms with Crippen LogP contribution in [0, 0.1) is 10.1 Å². The minimum atomic E-state index is -1.56. The van der Waals surface area contributed by atoms with Gasteiger partial charge in [0.15, 0.2) is 11.4 Å². The fourth-order valence-electron chi connectivity index (χ4n) is 4.10. The molecule has 0 fully saturated rings. The highest BCUT2D eigenvalue weighted by Gasteiger charge is 2.56. The molecule has 2 N–H and O–H groups in total. The monoisotopic (exact) mass is 407 g/mol. The molecule has 0 radical (unpaired) electrons. The molecule has 0 unspecified atom stereocenters. The van der Waals surface area contributed by atoms with Crippen LogP contribution in [0.3, 0.4) is 0 Å². The molecule has 0 atom stereocenters. The Labute approximate surface area is 168 Å². The lowest BCUT2D eigenvalue weighted by Gasteiger charge is -2.36. The third kappa shape index (κ3) is 2.14. The van der Waals surface area contributed by atoms with Gasteiger partial charge < -0.3 is 24.4 Å². The molecule has 0 bridgehead atoms. The van der Waals surface area contributed by atoms with Gasteiger partial charge in [0, 0.05) is 28.8 Å².